The number of hydrogen-bond donors (Lipinski definition) is 0. The third-order valence-corrected chi connectivity index (χ3v) is 5.64. The van der Waals surface area contributed by atoms with Crippen molar-refractivity contribution in [2.75, 3.05) is 5.75 Å². The van der Waals surface area contributed by atoms with Crippen molar-refractivity contribution in [2.24, 2.45) is 0 Å². The number of thioether (sulfide) groups is 1. The second-order valence-corrected chi connectivity index (χ2v) is 7.47. The summed E-state index contributed by atoms with van der Waals surface area (Å²) < 4.78 is 1.63. The van der Waals surface area contributed by atoms with Crippen molar-refractivity contribution in [3.8, 4) is 0 Å². The van der Waals surface area contributed by atoms with E-state index in [1.165, 1.54) is 5.56 Å². The van der Waals surface area contributed by atoms with Crippen molar-refractivity contribution in [3.05, 3.63) is 63.4 Å². The predicted molar refractivity (Wildman–Crippen MR) is 102 cm³/mol. The highest BCUT2D eigenvalue weighted by Crippen LogP contribution is 2.25. The van der Waals surface area contributed by atoms with Gasteiger partial charge in [0.05, 0.1) is 26.8 Å². The molecule has 2 aromatic carbocycles. The van der Waals surface area contributed by atoms with Crippen LogP contribution in [0, 0.1) is 13.8 Å². The molecule has 1 aromatic heterocycles. The molecule has 6 heteroatoms. The van der Waals surface area contributed by atoms with Gasteiger partial charge < -0.3 is 0 Å². The van der Waals surface area contributed by atoms with Gasteiger partial charge in [0.2, 0.25) is 5.91 Å². The fourth-order valence-corrected chi connectivity index (χ4v) is 3.57. The van der Waals surface area contributed by atoms with Gasteiger partial charge in [-0.1, -0.05) is 29.3 Å². The summed E-state index contributed by atoms with van der Waals surface area (Å²) in [6.45, 7) is 4.08. The first-order chi connectivity index (χ1) is 11.5. The standard InChI is InChI=1S/C18H16Cl2N2OS/c1-11-5-16-17(6-12(11)2)22(10-21-16)18(23)9-24-8-13-3-4-14(19)15(20)7-13/h3-7,10H,8-9H2,1-2H3. The van der Waals surface area contributed by atoms with Gasteiger partial charge in [-0.15, -0.1) is 11.8 Å². The summed E-state index contributed by atoms with van der Waals surface area (Å²) >= 11 is 13.5. The maximum absolute atomic E-state index is 12.5. The Labute approximate surface area is 155 Å². The lowest BCUT2D eigenvalue weighted by molar-refractivity contribution is 0.0946. The maximum atomic E-state index is 12.5. The van der Waals surface area contributed by atoms with Gasteiger partial charge in [0.15, 0.2) is 0 Å². The quantitative estimate of drug-likeness (QED) is 0.598. The first kappa shape index (κ1) is 17.3. The molecule has 0 saturated heterocycles. The van der Waals surface area contributed by atoms with Crippen LogP contribution in [0.2, 0.25) is 10.0 Å². The molecule has 0 aliphatic carbocycles. The molecule has 0 bridgehead atoms. The SMILES string of the molecule is Cc1cc2ncn(C(=O)CSCc3ccc(Cl)c(Cl)c3)c2cc1C. The molecule has 0 unspecified atom stereocenters. The van der Waals surface area contributed by atoms with Gasteiger partial charge in [-0.2, -0.15) is 0 Å². The van der Waals surface area contributed by atoms with Gasteiger partial charge in [0.25, 0.3) is 0 Å². The lowest BCUT2D eigenvalue weighted by Gasteiger charge is -2.06. The number of carbonyl (C=O) groups excluding carboxylic acids is 1. The van der Waals surface area contributed by atoms with Crippen LogP contribution in [0.25, 0.3) is 11.0 Å². The zero-order valence-corrected chi connectivity index (χ0v) is 15.7. The summed E-state index contributed by atoms with van der Waals surface area (Å²) in [5.41, 5.74) is 5.08. The highest BCUT2D eigenvalue weighted by atomic mass is 35.5. The molecule has 0 amide bonds. The highest BCUT2D eigenvalue weighted by molar-refractivity contribution is 7.99. The number of rotatable bonds is 4. The first-order valence-electron chi connectivity index (χ1n) is 7.45. The number of imidazole rings is 1. The molecule has 0 N–H and O–H groups in total. The third kappa shape index (κ3) is 3.61. The Kier molecular flexibility index (Phi) is 5.18. The van der Waals surface area contributed by atoms with E-state index in [2.05, 4.69) is 4.98 Å². The lowest BCUT2D eigenvalue weighted by Crippen LogP contribution is -2.12. The molecule has 0 saturated carbocycles. The molecule has 0 fully saturated rings. The highest BCUT2D eigenvalue weighted by Gasteiger charge is 2.11. The van der Waals surface area contributed by atoms with Crippen LogP contribution in [0.1, 0.15) is 21.5 Å². The Hall–Kier alpha value is -1.49. The number of halogens is 2. The van der Waals surface area contributed by atoms with Crippen LogP contribution in [0.3, 0.4) is 0 Å². The molecule has 124 valence electrons. The molecule has 0 spiro atoms. The Morgan fingerprint density at radius 2 is 1.88 bits per heavy atom. The second kappa shape index (κ2) is 7.18. The number of hydrogen-bond acceptors (Lipinski definition) is 3. The summed E-state index contributed by atoms with van der Waals surface area (Å²) in [5.74, 6) is 1.09. The van der Waals surface area contributed by atoms with E-state index in [0.717, 1.165) is 22.2 Å². The molecule has 0 aliphatic heterocycles. The normalized spacial score (nSPS) is 11.2. The topological polar surface area (TPSA) is 34.9 Å². The zero-order chi connectivity index (χ0) is 17.3. The van der Waals surface area contributed by atoms with Crippen LogP contribution in [0.5, 0.6) is 0 Å². The smallest absolute Gasteiger partial charge is 0.242 e. The number of aromatic nitrogens is 2. The molecule has 24 heavy (non-hydrogen) atoms. The number of nitrogens with zero attached hydrogens (tertiary/aromatic N) is 2. The van der Waals surface area contributed by atoms with Crippen LogP contribution in [0.15, 0.2) is 36.7 Å². The molecule has 1 heterocycles. The van der Waals surface area contributed by atoms with E-state index in [1.54, 1.807) is 28.7 Å². The van der Waals surface area contributed by atoms with Gasteiger partial charge in [0, 0.05) is 5.75 Å². The van der Waals surface area contributed by atoms with Crippen molar-refractivity contribution < 1.29 is 4.79 Å². The third-order valence-electron chi connectivity index (χ3n) is 3.91. The molecule has 3 nitrogen and oxygen atoms in total. The van der Waals surface area contributed by atoms with Crippen LogP contribution in [-0.2, 0) is 5.75 Å². The maximum Gasteiger partial charge on any atom is 0.242 e. The van der Waals surface area contributed by atoms with Gasteiger partial charge >= 0.3 is 0 Å². The van der Waals surface area contributed by atoms with Crippen molar-refractivity contribution in [2.45, 2.75) is 19.6 Å². The molecule has 0 aliphatic rings. The van der Waals surface area contributed by atoms with E-state index >= 15 is 0 Å². The van der Waals surface area contributed by atoms with Crippen molar-refractivity contribution in [3.63, 3.8) is 0 Å². The average molecular weight is 379 g/mol. The minimum atomic E-state index is 0.0193. The minimum absolute atomic E-state index is 0.0193. The summed E-state index contributed by atoms with van der Waals surface area (Å²) in [4.78, 5) is 16.8. The zero-order valence-electron chi connectivity index (χ0n) is 13.3. The summed E-state index contributed by atoms with van der Waals surface area (Å²) in [5, 5.41) is 1.07. The van der Waals surface area contributed by atoms with Crippen molar-refractivity contribution in [1.29, 1.82) is 0 Å². The minimum Gasteiger partial charge on any atom is -0.273 e. The largest absolute Gasteiger partial charge is 0.273 e. The van der Waals surface area contributed by atoms with Gasteiger partial charge in [0.1, 0.15) is 6.33 Å². The van der Waals surface area contributed by atoms with Crippen LogP contribution >= 0.6 is 35.0 Å². The van der Waals surface area contributed by atoms with E-state index < -0.39 is 0 Å². The summed E-state index contributed by atoms with van der Waals surface area (Å²) in [7, 11) is 0. The average Bonchev–Trinajstić information content (AvgIpc) is 2.94. The van der Waals surface area contributed by atoms with Crippen LogP contribution in [0.4, 0.5) is 0 Å². The Morgan fingerprint density at radius 3 is 2.62 bits per heavy atom. The van der Waals surface area contributed by atoms with E-state index in [4.69, 9.17) is 23.2 Å². The Bertz CT molecular complexity index is 921. The van der Waals surface area contributed by atoms with Crippen LogP contribution in [-0.4, -0.2) is 21.2 Å². The predicted octanol–water partition coefficient (Wildman–Crippen LogP) is 5.53. The monoisotopic (exact) mass is 378 g/mol. The molecular weight excluding hydrogens is 363 g/mol. The van der Waals surface area contributed by atoms with Gasteiger partial charge in [-0.25, -0.2) is 4.98 Å². The van der Waals surface area contributed by atoms with E-state index in [-0.39, 0.29) is 5.91 Å². The van der Waals surface area contributed by atoms with Crippen molar-refractivity contribution in [1.82, 2.24) is 9.55 Å². The van der Waals surface area contributed by atoms with E-state index in [9.17, 15) is 4.79 Å². The number of carbonyl (C=O) groups is 1. The first-order valence-corrected chi connectivity index (χ1v) is 9.36. The molecule has 3 rings (SSSR count). The fraction of sp³-hybridized carbons (Fsp3) is 0.222. The summed E-state index contributed by atoms with van der Waals surface area (Å²) in [6, 6.07) is 9.55. The van der Waals surface area contributed by atoms with Gasteiger partial charge in [-0.3, -0.25) is 9.36 Å². The van der Waals surface area contributed by atoms with Gasteiger partial charge in [-0.05, 0) is 54.8 Å². The number of benzene rings is 2. The molecule has 0 radical (unpaired) electrons. The number of fused-ring (bicyclic) bond motifs is 1. The molecular formula is C18H16Cl2N2OS. The van der Waals surface area contributed by atoms with Crippen molar-refractivity contribution >= 4 is 51.9 Å². The Balaban J connectivity index is 1.69. The van der Waals surface area contributed by atoms with E-state index in [1.807, 2.05) is 38.1 Å². The van der Waals surface area contributed by atoms with E-state index in [0.29, 0.717) is 21.6 Å². The molecule has 3 aromatic rings. The fourth-order valence-electron chi connectivity index (χ4n) is 2.42. The molecule has 0 atom stereocenters. The second-order valence-electron chi connectivity index (χ2n) is 5.67. The lowest BCUT2D eigenvalue weighted by atomic mass is 10.1. The van der Waals surface area contributed by atoms with Crippen LogP contribution < -0.4 is 0 Å². The Morgan fingerprint density at radius 1 is 1.12 bits per heavy atom. The number of aryl methyl sites for hydroxylation is 2. The summed E-state index contributed by atoms with van der Waals surface area (Å²) in [6.07, 6.45) is 1.60.